The van der Waals surface area contributed by atoms with Gasteiger partial charge in [0, 0.05) is 32.1 Å². The predicted octanol–water partition coefficient (Wildman–Crippen LogP) is 1.24. The topological polar surface area (TPSA) is 80.2 Å². The van der Waals surface area contributed by atoms with Crippen LogP contribution in [-0.2, 0) is 26.4 Å². The van der Waals surface area contributed by atoms with Crippen molar-refractivity contribution < 1.29 is 9.63 Å². The van der Waals surface area contributed by atoms with Gasteiger partial charge in [-0.1, -0.05) is 12.1 Å². The van der Waals surface area contributed by atoms with Crippen molar-refractivity contribution in [3.63, 3.8) is 0 Å². The van der Waals surface area contributed by atoms with Crippen LogP contribution in [0.25, 0.3) is 0 Å². The minimum absolute atomic E-state index is 0.531. The van der Waals surface area contributed by atoms with Gasteiger partial charge in [-0.05, 0) is 32.7 Å². The van der Waals surface area contributed by atoms with Crippen LogP contribution >= 0.6 is 0 Å². The summed E-state index contributed by atoms with van der Waals surface area (Å²) in [6.07, 6.45) is 4.83. The average Bonchev–Trinajstić information content (AvgIpc) is 3.06. The highest BCUT2D eigenvalue weighted by molar-refractivity contribution is 5.22. The summed E-state index contributed by atoms with van der Waals surface area (Å²) in [6, 6.07) is 0. The fourth-order valence-electron chi connectivity index (χ4n) is 3.39. The molecule has 1 aliphatic rings. The normalized spacial score (nSPS) is 22.6. The van der Waals surface area contributed by atoms with Crippen LogP contribution in [0.2, 0.25) is 0 Å². The van der Waals surface area contributed by atoms with Crippen molar-refractivity contribution >= 4 is 0 Å². The second-order valence-electron chi connectivity index (χ2n) is 6.59. The number of rotatable bonds is 5. The van der Waals surface area contributed by atoms with Crippen molar-refractivity contribution in [1.82, 2.24) is 24.8 Å². The number of nitrogens with zero attached hydrogens (tertiary/aromatic N) is 5. The first-order valence-electron chi connectivity index (χ1n) is 8.22. The molecule has 0 bridgehead atoms. The first-order valence-corrected chi connectivity index (χ1v) is 8.22. The molecule has 1 aliphatic heterocycles. The molecule has 3 rings (SSSR count). The molecule has 23 heavy (non-hydrogen) atoms. The summed E-state index contributed by atoms with van der Waals surface area (Å²) in [5.41, 5.74) is 1.43. The van der Waals surface area contributed by atoms with Gasteiger partial charge in [0.25, 0.3) is 0 Å². The Morgan fingerprint density at radius 3 is 2.96 bits per heavy atom. The molecule has 0 aromatic carbocycles. The van der Waals surface area contributed by atoms with Crippen LogP contribution in [0.4, 0.5) is 0 Å². The maximum atomic E-state index is 11.0. The third kappa shape index (κ3) is 3.45. The van der Waals surface area contributed by atoms with Crippen LogP contribution in [0.5, 0.6) is 0 Å². The first-order chi connectivity index (χ1) is 11.0. The molecule has 0 amide bonds. The van der Waals surface area contributed by atoms with Crippen LogP contribution in [0.15, 0.2) is 10.9 Å². The number of hydrogen-bond acceptors (Lipinski definition) is 6. The van der Waals surface area contributed by atoms with E-state index in [-0.39, 0.29) is 0 Å². The van der Waals surface area contributed by atoms with Gasteiger partial charge in [0.1, 0.15) is 17.9 Å². The molecule has 0 saturated carbocycles. The molecule has 1 unspecified atom stereocenters. The highest BCUT2D eigenvalue weighted by Crippen LogP contribution is 2.27. The maximum Gasteiger partial charge on any atom is 0.138 e. The molecule has 3 heterocycles. The smallest absolute Gasteiger partial charge is 0.138 e. The number of aliphatic hydroxyl groups is 1. The Labute approximate surface area is 136 Å². The fourth-order valence-corrected chi connectivity index (χ4v) is 3.39. The standard InChI is InChI=1S/C16H25N5O2/c1-4-14-13(12(2)23-19-14)9-21-7-5-6-16(22,10-21)8-15-18-17-11-20(15)3/h11,22H,4-10H2,1-3H3. The van der Waals surface area contributed by atoms with Crippen molar-refractivity contribution in [3.8, 4) is 0 Å². The number of likely N-dealkylation sites (tertiary alicyclic amines) is 1. The Morgan fingerprint density at radius 2 is 2.26 bits per heavy atom. The van der Waals surface area contributed by atoms with Crippen LogP contribution in [0, 0.1) is 6.92 Å². The van der Waals surface area contributed by atoms with E-state index in [0.29, 0.717) is 13.0 Å². The molecule has 7 heteroatoms. The molecule has 0 spiro atoms. The third-order valence-corrected chi connectivity index (χ3v) is 4.71. The Balaban J connectivity index is 1.70. The minimum Gasteiger partial charge on any atom is -0.388 e. The molecule has 0 aliphatic carbocycles. The summed E-state index contributed by atoms with van der Waals surface area (Å²) in [7, 11) is 1.91. The molecule has 1 atom stereocenters. The molecule has 7 nitrogen and oxygen atoms in total. The van der Waals surface area contributed by atoms with Crippen molar-refractivity contribution in [2.24, 2.45) is 7.05 Å². The van der Waals surface area contributed by atoms with Gasteiger partial charge in [-0.15, -0.1) is 10.2 Å². The summed E-state index contributed by atoms with van der Waals surface area (Å²) in [6.45, 7) is 6.43. The number of piperidine rings is 1. The van der Waals surface area contributed by atoms with Crippen LogP contribution in [0.1, 0.15) is 42.6 Å². The quantitative estimate of drug-likeness (QED) is 0.893. The van der Waals surface area contributed by atoms with Crippen LogP contribution in [0.3, 0.4) is 0 Å². The summed E-state index contributed by atoms with van der Waals surface area (Å²) < 4.78 is 7.19. The molecule has 2 aromatic rings. The first kappa shape index (κ1) is 16.1. The SMILES string of the molecule is CCc1noc(C)c1CN1CCCC(O)(Cc2nncn2C)C1. The zero-order valence-electron chi connectivity index (χ0n) is 14.1. The summed E-state index contributed by atoms with van der Waals surface area (Å²) >= 11 is 0. The lowest BCUT2D eigenvalue weighted by atomic mass is 9.89. The van der Waals surface area contributed by atoms with Crippen molar-refractivity contribution in [2.75, 3.05) is 13.1 Å². The highest BCUT2D eigenvalue weighted by atomic mass is 16.5. The van der Waals surface area contributed by atoms with Gasteiger partial charge in [0.05, 0.1) is 11.3 Å². The zero-order valence-corrected chi connectivity index (χ0v) is 14.1. The lowest BCUT2D eigenvalue weighted by Crippen LogP contribution is -2.49. The minimum atomic E-state index is -0.753. The van der Waals surface area contributed by atoms with Gasteiger partial charge in [0.2, 0.25) is 0 Å². The lowest BCUT2D eigenvalue weighted by molar-refractivity contribution is -0.0346. The molecule has 0 radical (unpaired) electrons. The average molecular weight is 319 g/mol. The van der Waals surface area contributed by atoms with E-state index in [4.69, 9.17) is 4.52 Å². The van der Waals surface area contributed by atoms with Gasteiger partial charge in [-0.2, -0.15) is 0 Å². The van der Waals surface area contributed by atoms with E-state index in [0.717, 1.165) is 55.2 Å². The van der Waals surface area contributed by atoms with E-state index in [1.54, 1.807) is 6.33 Å². The Morgan fingerprint density at radius 1 is 1.43 bits per heavy atom. The van der Waals surface area contributed by atoms with Crippen LogP contribution < -0.4 is 0 Å². The van der Waals surface area contributed by atoms with Gasteiger partial charge in [-0.3, -0.25) is 4.90 Å². The van der Waals surface area contributed by atoms with Gasteiger partial charge < -0.3 is 14.2 Å². The Hall–Kier alpha value is -1.73. The summed E-state index contributed by atoms with van der Waals surface area (Å²) in [5, 5.41) is 23.1. The van der Waals surface area contributed by atoms with Crippen LogP contribution in [-0.4, -0.2) is 48.6 Å². The second kappa shape index (κ2) is 6.41. The molecular weight excluding hydrogens is 294 g/mol. The van der Waals surface area contributed by atoms with E-state index in [9.17, 15) is 5.11 Å². The summed E-state index contributed by atoms with van der Waals surface area (Å²) in [4.78, 5) is 2.29. The highest BCUT2D eigenvalue weighted by Gasteiger charge is 2.35. The monoisotopic (exact) mass is 319 g/mol. The largest absolute Gasteiger partial charge is 0.388 e. The number of aromatic nitrogens is 4. The maximum absolute atomic E-state index is 11.0. The predicted molar refractivity (Wildman–Crippen MR) is 84.8 cm³/mol. The van der Waals surface area contributed by atoms with Gasteiger partial charge in [0.15, 0.2) is 0 Å². The Kier molecular flexibility index (Phi) is 4.50. The van der Waals surface area contributed by atoms with E-state index >= 15 is 0 Å². The number of aryl methyl sites for hydroxylation is 3. The fraction of sp³-hybridized carbons (Fsp3) is 0.688. The third-order valence-electron chi connectivity index (χ3n) is 4.71. The second-order valence-corrected chi connectivity index (χ2v) is 6.59. The van der Waals surface area contributed by atoms with Crippen molar-refractivity contribution in [2.45, 2.75) is 51.7 Å². The zero-order chi connectivity index (χ0) is 16.4. The molecular formula is C16H25N5O2. The molecule has 1 fully saturated rings. The van der Waals surface area contributed by atoms with Gasteiger partial charge in [-0.25, -0.2) is 0 Å². The van der Waals surface area contributed by atoms with E-state index < -0.39 is 5.60 Å². The van der Waals surface area contributed by atoms with Crippen molar-refractivity contribution in [1.29, 1.82) is 0 Å². The molecule has 1 saturated heterocycles. The molecule has 2 aromatic heterocycles. The number of β-amino-alcohol motifs (C(OH)–C–C–N with tert-alkyl or cyclic N) is 1. The number of hydrogen-bond donors (Lipinski definition) is 1. The summed E-state index contributed by atoms with van der Waals surface area (Å²) in [5.74, 6) is 1.70. The molecule has 1 N–H and O–H groups in total. The van der Waals surface area contributed by atoms with E-state index in [1.165, 1.54) is 0 Å². The van der Waals surface area contributed by atoms with Crippen molar-refractivity contribution in [3.05, 3.63) is 29.2 Å². The molecule has 126 valence electrons. The van der Waals surface area contributed by atoms with Gasteiger partial charge >= 0.3 is 0 Å². The van der Waals surface area contributed by atoms with E-state index in [1.807, 2.05) is 18.5 Å². The Bertz CT molecular complexity index is 665. The van der Waals surface area contributed by atoms with E-state index in [2.05, 4.69) is 27.2 Å². The lowest BCUT2D eigenvalue weighted by Gasteiger charge is -2.39.